The average Bonchev–Trinajstić information content (AvgIpc) is 2.69. The van der Waals surface area contributed by atoms with Crippen LogP contribution in [-0.2, 0) is 6.42 Å². The van der Waals surface area contributed by atoms with Gasteiger partial charge in [-0.05, 0) is 42.2 Å². The van der Waals surface area contributed by atoms with Crippen LogP contribution < -0.4 is 5.32 Å². The van der Waals surface area contributed by atoms with Gasteiger partial charge in [0.05, 0.1) is 11.3 Å². The van der Waals surface area contributed by atoms with Crippen molar-refractivity contribution < 1.29 is 9.59 Å². The van der Waals surface area contributed by atoms with Gasteiger partial charge in [0.25, 0.3) is 5.91 Å². The number of rotatable bonds is 3. The lowest BCUT2D eigenvalue weighted by Gasteiger charge is -2.23. The molecule has 0 spiro atoms. The van der Waals surface area contributed by atoms with Crippen molar-refractivity contribution in [2.75, 3.05) is 5.32 Å². The molecule has 4 rings (SSSR count). The monoisotopic (exact) mass is 377 g/mol. The summed E-state index contributed by atoms with van der Waals surface area (Å²) in [5.41, 5.74) is 2.75. The summed E-state index contributed by atoms with van der Waals surface area (Å²) in [6.07, 6.45) is 2.52. The molecule has 5 nitrogen and oxygen atoms in total. The first-order valence-corrected chi connectivity index (χ1v) is 8.99. The molecule has 0 bridgehead atoms. The third-order valence-electron chi connectivity index (χ3n) is 4.64. The molecule has 1 heterocycles. The van der Waals surface area contributed by atoms with E-state index in [1.54, 1.807) is 24.3 Å². The zero-order valence-corrected chi connectivity index (χ0v) is 15.1. The fourth-order valence-electron chi connectivity index (χ4n) is 3.24. The van der Waals surface area contributed by atoms with E-state index in [9.17, 15) is 9.59 Å². The summed E-state index contributed by atoms with van der Waals surface area (Å²) in [6.45, 7) is 0. The number of carbonyl (C=O) groups is 2. The standard InChI is InChI=1S/C21H16ClN3O2/c22-16-8-6-13(7-9-16)15-10-18-17(19(26)11-15)12-23-21(24-18)25-20(27)14-4-2-1-3-5-14/h1-9,12,15H,10-11H2,(H,23,24,25,27)/t15-/m0/s1. The van der Waals surface area contributed by atoms with Gasteiger partial charge < -0.3 is 0 Å². The molecule has 134 valence electrons. The van der Waals surface area contributed by atoms with Gasteiger partial charge in [0.15, 0.2) is 5.78 Å². The summed E-state index contributed by atoms with van der Waals surface area (Å²) < 4.78 is 0. The van der Waals surface area contributed by atoms with Crippen molar-refractivity contribution in [1.29, 1.82) is 0 Å². The number of carbonyl (C=O) groups excluding carboxylic acids is 2. The molecule has 0 saturated carbocycles. The largest absolute Gasteiger partial charge is 0.294 e. The Labute approximate surface area is 161 Å². The molecular weight excluding hydrogens is 362 g/mol. The van der Waals surface area contributed by atoms with Gasteiger partial charge in [-0.15, -0.1) is 0 Å². The lowest BCUT2D eigenvalue weighted by Crippen LogP contribution is -2.22. The van der Waals surface area contributed by atoms with Crippen LogP contribution in [0.15, 0.2) is 60.8 Å². The molecule has 0 unspecified atom stereocenters. The first-order valence-electron chi connectivity index (χ1n) is 8.61. The van der Waals surface area contributed by atoms with Gasteiger partial charge in [-0.1, -0.05) is 41.9 Å². The molecule has 0 saturated heterocycles. The van der Waals surface area contributed by atoms with Crippen LogP contribution in [0.25, 0.3) is 0 Å². The summed E-state index contributed by atoms with van der Waals surface area (Å²) >= 11 is 5.95. The van der Waals surface area contributed by atoms with E-state index in [2.05, 4.69) is 15.3 Å². The maximum Gasteiger partial charge on any atom is 0.258 e. The normalized spacial score (nSPS) is 15.9. The Balaban J connectivity index is 1.57. The fraction of sp³-hybridized carbons (Fsp3) is 0.143. The lowest BCUT2D eigenvalue weighted by molar-refractivity contribution is 0.0962. The highest BCUT2D eigenvalue weighted by atomic mass is 35.5. The first kappa shape index (κ1) is 17.4. The third-order valence-corrected chi connectivity index (χ3v) is 4.89. The second kappa shape index (κ2) is 7.29. The molecule has 3 aromatic rings. The fourth-order valence-corrected chi connectivity index (χ4v) is 3.37. The summed E-state index contributed by atoms with van der Waals surface area (Å²) in [5.74, 6) is -0.0360. The van der Waals surface area contributed by atoms with Crippen LogP contribution in [-0.4, -0.2) is 21.7 Å². The molecule has 1 aromatic heterocycles. The number of hydrogen-bond donors (Lipinski definition) is 1. The molecule has 0 radical (unpaired) electrons. The van der Waals surface area contributed by atoms with E-state index < -0.39 is 0 Å². The number of Topliss-reactive ketones (excluding diaryl/α,β-unsaturated/α-hetero) is 1. The van der Waals surface area contributed by atoms with Gasteiger partial charge in [-0.25, -0.2) is 9.97 Å². The van der Waals surface area contributed by atoms with Gasteiger partial charge in [0, 0.05) is 23.2 Å². The van der Waals surface area contributed by atoms with Crippen molar-refractivity contribution in [2.45, 2.75) is 18.8 Å². The van der Waals surface area contributed by atoms with Gasteiger partial charge in [0.1, 0.15) is 0 Å². The quantitative estimate of drug-likeness (QED) is 0.738. The minimum atomic E-state index is -0.285. The van der Waals surface area contributed by atoms with E-state index in [-0.39, 0.29) is 23.6 Å². The molecule has 1 N–H and O–H groups in total. The van der Waals surface area contributed by atoms with E-state index in [0.29, 0.717) is 34.7 Å². The maximum absolute atomic E-state index is 12.5. The van der Waals surface area contributed by atoms with Crippen molar-refractivity contribution in [3.05, 3.63) is 88.2 Å². The van der Waals surface area contributed by atoms with Gasteiger partial charge in [-0.3, -0.25) is 14.9 Å². The smallest absolute Gasteiger partial charge is 0.258 e. The highest BCUT2D eigenvalue weighted by Gasteiger charge is 2.28. The maximum atomic E-state index is 12.5. The van der Waals surface area contributed by atoms with Crippen LogP contribution in [0.2, 0.25) is 5.02 Å². The van der Waals surface area contributed by atoms with E-state index in [4.69, 9.17) is 11.6 Å². The molecular formula is C21H16ClN3O2. The van der Waals surface area contributed by atoms with Crippen LogP contribution in [0.1, 0.15) is 44.3 Å². The van der Waals surface area contributed by atoms with Crippen molar-refractivity contribution in [1.82, 2.24) is 9.97 Å². The molecule has 27 heavy (non-hydrogen) atoms. The summed E-state index contributed by atoms with van der Waals surface area (Å²) in [4.78, 5) is 33.4. The Morgan fingerprint density at radius 3 is 2.52 bits per heavy atom. The van der Waals surface area contributed by atoms with Gasteiger partial charge in [-0.2, -0.15) is 0 Å². The average molecular weight is 378 g/mol. The predicted octanol–water partition coefficient (Wildman–Crippen LogP) is 4.30. The number of nitrogens with one attached hydrogen (secondary N) is 1. The van der Waals surface area contributed by atoms with Crippen LogP contribution in [0.5, 0.6) is 0 Å². The summed E-state index contributed by atoms with van der Waals surface area (Å²) in [7, 11) is 0. The van der Waals surface area contributed by atoms with Crippen molar-refractivity contribution in [3.8, 4) is 0 Å². The predicted molar refractivity (Wildman–Crippen MR) is 103 cm³/mol. The number of fused-ring (bicyclic) bond motifs is 1. The van der Waals surface area contributed by atoms with E-state index in [1.165, 1.54) is 6.20 Å². The number of ketones is 1. The zero-order chi connectivity index (χ0) is 18.8. The number of amides is 1. The Bertz CT molecular complexity index is 1000. The summed E-state index contributed by atoms with van der Waals surface area (Å²) in [6, 6.07) is 16.4. The number of anilines is 1. The van der Waals surface area contributed by atoms with Gasteiger partial charge in [0.2, 0.25) is 5.95 Å². The van der Waals surface area contributed by atoms with Crippen LogP contribution in [0.3, 0.4) is 0 Å². The van der Waals surface area contributed by atoms with Crippen LogP contribution >= 0.6 is 11.6 Å². The molecule has 0 fully saturated rings. The Morgan fingerprint density at radius 2 is 1.78 bits per heavy atom. The molecule has 2 aromatic carbocycles. The number of hydrogen-bond acceptors (Lipinski definition) is 4. The van der Waals surface area contributed by atoms with Crippen molar-refractivity contribution >= 4 is 29.2 Å². The SMILES string of the molecule is O=C(Nc1ncc2c(n1)C[C@H](c1ccc(Cl)cc1)CC2=O)c1ccccc1. The Hall–Kier alpha value is -3.05. The summed E-state index contributed by atoms with van der Waals surface area (Å²) in [5, 5.41) is 3.36. The lowest BCUT2D eigenvalue weighted by atomic mass is 9.82. The number of halogens is 1. The second-order valence-electron chi connectivity index (χ2n) is 6.45. The molecule has 1 aliphatic carbocycles. The van der Waals surface area contributed by atoms with Crippen molar-refractivity contribution in [2.24, 2.45) is 0 Å². The Kier molecular flexibility index (Phi) is 4.69. The molecule has 1 atom stereocenters. The van der Waals surface area contributed by atoms with E-state index in [0.717, 1.165) is 5.56 Å². The van der Waals surface area contributed by atoms with E-state index in [1.807, 2.05) is 30.3 Å². The minimum Gasteiger partial charge on any atom is -0.294 e. The number of aromatic nitrogens is 2. The highest BCUT2D eigenvalue weighted by Crippen LogP contribution is 2.32. The number of nitrogens with zero attached hydrogens (tertiary/aromatic N) is 2. The van der Waals surface area contributed by atoms with Crippen LogP contribution in [0, 0.1) is 0 Å². The minimum absolute atomic E-state index is 0.0112. The Morgan fingerprint density at radius 1 is 1.04 bits per heavy atom. The molecule has 1 aliphatic rings. The molecule has 0 aliphatic heterocycles. The number of benzene rings is 2. The van der Waals surface area contributed by atoms with Crippen LogP contribution in [0.4, 0.5) is 5.95 Å². The second-order valence-corrected chi connectivity index (χ2v) is 6.89. The van der Waals surface area contributed by atoms with E-state index >= 15 is 0 Å². The molecule has 6 heteroatoms. The first-order chi connectivity index (χ1) is 13.1. The van der Waals surface area contributed by atoms with Gasteiger partial charge >= 0.3 is 0 Å². The van der Waals surface area contributed by atoms with Crippen molar-refractivity contribution in [3.63, 3.8) is 0 Å². The topological polar surface area (TPSA) is 72.0 Å². The zero-order valence-electron chi connectivity index (χ0n) is 14.4. The molecule has 1 amide bonds. The third kappa shape index (κ3) is 3.73. The highest BCUT2D eigenvalue weighted by molar-refractivity contribution is 6.30.